The maximum Gasteiger partial charge on any atom is 0.261 e. The van der Waals surface area contributed by atoms with Crippen LogP contribution in [0.4, 0.5) is 0 Å². The number of ether oxygens (including phenoxy) is 1. The average Bonchev–Trinajstić information content (AvgIpc) is 3.35. The van der Waals surface area contributed by atoms with E-state index in [9.17, 15) is 4.79 Å². The third-order valence-electron chi connectivity index (χ3n) is 9.17. The van der Waals surface area contributed by atoms with Crippen LogP contribution in [0.2, 0.25) is 23.2 Å². The van der Waals surface area contributed by atoms with Crippen LogP contribution in [-0.2, 0) is 18.4 Å². The summed E-state index contributed by atoms with van der Waals surface area (Å²) in [6, 6.07) is 24.8. The topological polar surface area (TPSA) is 44.8 Å². The van der Waals surface area contributed by atoms with Gasteiger partial charge in [0.25, 0.3) is 8.32 Å². The molecule has 6 heteroatoms. The molecule has 0 aliphatic carbocycles. The minimum Gasteiger partial charge on any atom is -0.411 e. The van der Waals surface area contributed by atoms with Crippen molar-refractivity contribution in [3.8, 4) is 12.3 Å². The molecule has 1 saturated heterocycles. The average molecular weight is 593 g/mol. The fraction of sp³-hybridized carbons (Fsp3) is 0.571. The molecule has 0 spiro atoms. The third kappa shape index (κ3) is 7.88. The van der Waals surface area contributed by atoms with Gasteiger partial charge in [0.05, 0.1) is 24.9 Å². The number of benzene rings is 2. The summed E-state index contributed by atoms with van der Waals surface area (Å²) in [6.45, 7) is 16.2. The van der Waals surface area contributed by atoms with Gasteiger partial charge in [-0.25, -0.2) is 0 Å². The predicted octanol–water partition coefficient (Wildman–Crippen LogP) is 7.12. The van der Waals surface area contributed by atoms with Crippen molar-refractivity contribution >= 4 is 32.8 Å². The Balaban J connectivity index is 1.90. The van der Waals surface area contributed by atoms with E-state index in [4.69, 9.17) is 20.0 Å². The highest BCUT2D eigenvalue weighted by atomic mass is 28.4. The number of ketones is 1. The van der Waals surface area contributed by atoms with E-state index in [1.165, 1.54) is 10.4 Å². The molecule has 0 saturated carbocycles. The highest BCUT2D eigenvalue weighted by molar-refractivity contribution is 6.99. The lowest BCUT2D eigenvalue weighted by atomic mass is 9.94. The maximum absolute atomic E-state index is 12.8. The molecule has 4 atom stereocenters. The first-order valence-corrected chi connectivity index (χ1v) is 20.0. The van der Waals surface area contributed by atoms with Crippen LogP contribution in [0.15, 0.2) is 60.7 Å². The summed E-state index contributed by atoms with van der Waals surface area (Å²) in [6.07, 6.45) is 7.57. The van der Waals surface area contributed by atoms with Crippen LogP contribution in [0, 0.1) is 18.3 Å². The van der Waals surface area contributed by atoms with Gasteiger partial charge in [0.15, 0.2) is 8.32 Å². The van der Waals surface area contributed by atoms with Crippen molar-refractivity contribution < 1.29 is 18.4 Å². The molecule has 1 aliphatic rings. The standard InChI is InChI=1S/C35H52O4Si2/c1-9-13-24-32(36)28(5)25-33-34(39-40(10-2,11-3)12-4)26-29(38-33)27-37-41(35(6,7)8,30-20-16-14-17-21-30)31-22-18-15-19-23-31/h1,14-23,28-29,33-34H,10-13,24-27H2,2-8H3/t28-,29-,33-,34-/m1/s1. The Morgan fingerprint density at radius 3 is 2.00 bits per heavy atom. The van der Waals surface area contributed by atoms with Gasteiger partial charge >= 0.3 is 0 Å². The first kappa shape index (κ1) is 33.5. The van der Waals surface area contributed by atoms with Gasteiger partial charge in [0.2, 0.25) is 0 Å². The van der Waals surface area contributed by atoms with E-state index in [1.54, 1.807) is 0 Å². The SMILES string of the molecule is C#CCCC(=O)[C@H](C)C[C@H]1O[C@@H](CO[Si](c2ccccc2)(c2ccccc2)C(C)(C)C)C[C@H]1O[Si](CC)(CC)CC. The number of hydrogen-bond acceptors (Lipinski definition) is 4. The van der Waals surface area contributed by atoms with Crippen LogP contribution in [-0.4, -0.2) is 47.3 Å². The number of Topliss-reactive ketones (excluding diaryl/α,β-unsaturated/α-hetero) is 1. The largest absolute Gasteiger partial charge is 0.411 e. The Labute approximate surface area is 251 Å². The Morgan fingerprint density at radius 2 is 1.54 bits per heavy atom. The van der Waals surface area contributed by atoms with Crippen molar-refractivity contribution in [3.05, 3.63) is 60.7 Å². The lowest BCUT2D eigenvalue weighted by Gasteiger charge is -2.43. The van der Waals surface area contributed by atoms with E-state index in [0.29, 0.717) is 25.9 Å². The van der Waals surface area contributed by atoms with Gasteiger partial charge in [-0.2, -0.15) is 0 Å². The van der Waals surface area contributed by atoms with Gasteiger partial charge in [0.1, 0.15) is 5.78 Å². The molecule has 1 aliphatic heterocycles. The van der Waals surface area contributed by atoms with Crippen molar-refractivity contribution in [2.24, 2.45) is 5.92 Å². The van der Waals surface area contributed by atoms with Crippen LogP contribution in [0.1, 0.15) is 74.1 Å². The zero-order chi connectivity index (χ0) is 30.1. The third-order valence-corrected chi connectivity index (χ3v) is 18.8. The van der Waals surface area contributed by atoms with Crippen LogP contribution < -0.4 is 10.4 Å². The van der Waals surface area contributed by atoms with E-state index >= 15 is 0 Å². The van der Waals surface area contributed by atoms with Crippen molar-refractivity contribution in [2.75, 3.05) is 6.61 Å². The molecular weight excluding hydrogens is 541 g/mol. The lowest BCUT2D eigenvalue weighted by molar-refractivity contribution is -0.124. The summed E-state index contributed by atoms with van der Waals surface area (Å²) in [4.78, 5) is 12.8. The summed E-state index contributed by atoms with van der Waals surface area (Å²) >= 11 is 0. The first-order valence-electron chi connectivity index (χ1n) is 15.6. The van der Waals surface area contributed by atoms with Crippen molar-refractivity contribution in [3.63, 3.8) is 0 Å². The molecule has 0 aromatic heterocycles. The number of carbonyl (C=O) groups is 1. The van der Waals surface area contributed by atoms with Crippen molar-refractivity contribution in [1.82, 2.24) is 0 Å². The lowest BCUT2D eigenvalue weighted by Crippen LogP contribution is -2.67. The van der Waals surface area contributed by atoms with E-state index in [2.05, 4.69) is 108 Å². The van der Waals surface area contributed by atoms with E-state index in [-0.39, 0.29) is 35.1 Å². The molecule has 0 bridgehead atoms. The van der Waals surface area contributed by atoms with Gasteiger partial charge in [-0.15, -0.1) is 12.3 Å². The fourth-order valence-corrected chi connectivity index (χ4v) is 13.9. The summed E-state index contributed by atoms with van der Waals surface area (Å²) in [5.41, 5.74) is 0. The maximum atomic E-state index is 12.8. The highest BCUT2D eigenvalue weighted by Crippen LogP contribution is 2.39. The van der Waals surface area contributed by atoms with Crippen LogP contribution in [0.3, 0.4) is 0 Å². The molecule has 0 radical (unpaired) electrons. The van der Waals surface area contributed by atoms with E-state index < -0.39 is 16.6 Å². The molecule has 4 nitrogen and oxygen atoms in total. The minimum absolute atomic E-state index is 0.0165. The number of terminal acetylenes is 1. The first-order chi connectivity index (χ1) is 19.6. The molecule has 1 fully saturated rings. The summed E-state index contributed by atoms with van der Waals surface area (Å²) < 4.78 is 21.0. The fourth-order valence-electron chi connectivity index (χ4n) is 6.46. The Bertz CT molecular complexity index is 1070. The van der Waals surface area contributed by atoms with Crippen molar-refractivity contribution in [2.45, 2.75) is 116 Å². The van der Waals surface area contributed by atoms with Crippen LogP contribution in [0.25, 0.3) is 0 Å². The molecule has 41 heavy (non-hydrogen) atoms. The molecule has 1 heterocycles. The number of carbonyl (C=O) groups excluding carboxylic acids is 1. The second-order valence-corrected chi connectivity index (χ2v) is 21.7. The second-order valence-electron chi connectivity index (χ2n) is 12.7. The Morgan fingerprint density at radius 1 is 1.00 bits per heavy atom. The smallest absolute Gasteiger partial charge is 0.261 e. The predicted molar refractivity (Wildman–Crippen MR) is 176 cm³/mol. The highest BCUT2D eigenvalue weighted by Gasteiger charge is 2.51. The van der Waals surface area contributed by atoms with Crippen LogP contribution >= 0.6 is 0 Å². The van der Waals surface area contributed by atoms with Gasteiger partial charge < -0.3 is 13.6 Å². The van der Waals surface area contributed by atoms with Crippen LogP contribution in [0.5, 0.6) is 0 Å². The normalized spacial score (nSPS) is 20.5. The molecule has 224 valence electrons. The minimum atomic E-state index is -2.68. The zero-order valence-electron chi connectivity index (χ0n) is 26.5. The van der Waals surface area contributed by atoms with E-state index in [0.717, 1.165) is 24.6 Å². The second kappa shape index (κ2) is 14.9. The quantitative estimate of drug-likeness (QED) is 0.163. The zero-order valence-corrected chi connectivity index (χ0v) is 28.5. The summed E-state index contributed by atoms with van der Waals surface area (Å²) in [5.74, 6) is 2.70. The van der Waals surface area contributed by atoms with Gasteiger partial charge in [-0.05, 0) is 40.0 Å². The number of rotatable bonds is 15. The molecule has 2 aromatic carbocycles. The Kier molecular flexibility index (Phi) is 12.2. The molecule has 0 unspecified atom stereocenters. The number of hydrogen-bond donors (Lipinski definition) is 0. The summed E-state index contributed by atoms with van der Waals surface area (Å²) in [5, 5.41) is 2.43. The van der Waals surface area contributed by atoms with Gasteiger partial charge in [-0.1, -0.05) is 109 Å². The molecule has 0 N–H and O–H groups in total. The molecule has 0 amide bonds. The van der Waals surface area contributed by atoms with E-state index in [1.807, 2.05) is 6.92 Å². The molecular formula is C35H52O4Si2. The van der Waals surface area contributed by atoms with Crippen molar-refractivity contribution in [1.29, 1.82) is 0 Å². The summed E-state index contributed by atoms with van der Waals surface area (Å²) in [7, 11) is -4.55. The molecule has 2 aromatic rings. The Hall–Kier alpha value is -2.02. The monoisotopic (exact) mass is 592 g/mol. The molecule has 3 rings (SSSR count). The van der Waals surface area contributed by atoms with Gasteiger partial charge in [-0.3, -0.25) is 4.79 Å². The van der Waals surface area contributed by atoms with Gasteiger partial charge in [0, 0.05) is 25.2 Å².